The van der Waals surface area contributed by atoms with E-state index in [0.717, 1.165) is 31.2 Å². The third-order valence-corrected chi connectivity index (χ3v) is 11.3. The lowest BCUT2D eigenvalue weighted by Crippen LogP contribution is -2.57. The summed E-state index contributed by atoms with van der Waals surface area (Å²) in [7, 11) is 0. The number of aliphatic hydroxyl groups is 1. The number of para-hydroxylation sites is 1. The van der Waals surface area contributed by atoms with Crippen molar-refractivity contribution in [3.05, 3.63) is 54.1 Å². The SMILES string of the molecule is C=CCCCOC(=O)[C@@H]1[C@H]2C(=O)N(CCCCCCO)C(C(=O)N(CC=C)c3c(C)cccc3Cl)C23S[C@@H]1CC3C. The van der Waals surface area contributed by atoms with Gasteiger partial charge in [-0.15, -0.1) is 24.9 Å². The maximum absolute atomic E-state index is 14.8. The van der Waals surface area contributed by atoms with Gasteiger partial charge in [0.15, 0.2) is 0 Å². The van der Waals surface area contributed by atoms with E-state index in [0.29, 0.717) is 36.5 Å². The number of benzene rings is 1. The summed E-state index contributed by atoms with van der Waals surface area (Å²) in [6, 6.07) is 4.80. The number of thioether (sulfide) groups is 1. The largest absolute Gasteiger partial charge is 0.465 e. The van der Waals surface area contributed by atoms with Crippen molar-refractivity contribution in [2.24, 2.45) is 17.8 Å². The number of fused-ring (bicyclic) bond motifs is 1. The molecular formula is C32H43ClN2O5S. The molecule has 1 N–H and O–H groups in total. The molecule has 2 amide bonds. The highest BCUT2D eigenvalue weighted by Crippen LogP contribution is 2.69. The predicted molar refractivity (Wildman–Crippen MR) is 165 cm³/mol. The van der Waals surface area contributed by atoms with E-state index in [1.165, 1.54) is 0 Å². The van der Waals surface area contributed by atoms with E-state index in [1.807, 2.05) is 19.1 Å². The van der Waals surface area contributed by atoms with Crippen LogP contribution in [-0.4, -0.2) is 70.1 Å². The molecule has 2 bridgehead atoms. The average molecular weight is 603 g/mol. The van der Waals surface area contributed by atoms with Crippen molar-refractivity contribution < 1.29 is 24.2 Å². The van der Waals surface area contributed by atoms with Crippen molar-refractivity contribution in [2.45, 2.75) is 74.8 Å². The van der Waals surface area contributed by atoms with E-state index in [-0.39, 0.29) is 48.7 Å². The molecule has 4 rings (SSSR count). The van der Waals surface area contributed by atoms with Gasteiger partial charge in [-0.25, -0.2) is 0 Å². The molecule has 3 aliphatic rings. The average Bonchev–Trinajstić information content (AvgIpc) is 3.53. The number of carbonyl (C=O) groups excluding carboxylic acids is 3. The van der Waals surface area contributed by atoms with Gasteiger partial charge in [-0.2, -0.15) is 0 Å². The second-order valence-electron chi connectivity index (χ2n) is 11.5. The molecule has 3 fully saturated rings. The molecule has 0 aromatic heterocycles. The monoisotopic (exact) mass is 602 g/mol. The quantitative estimate of drug-likeness (QED) is 0.161. The Morgan fingerprint density at radius 3 is 2.66 bits per heavy atom. The zero-order chi connectivity index (χ0) is 29.7. The van der Waals surface area contributed by atoms with Crippen LogP contribution in [0.4, 0.5) is 5.69 Å². The van der Waals surface area contributed by atoms with Crippen molar-refractivity contribution in [3.8, 4) is 0 Å². The number of unbranched alkanes of at least 4 members (excludes halogenated alkanes) is 4. The Hall–Kier alpha value is -2.29. The highest BCUT2D eigenvalue weighted by Gasteiger charge is 2.76. The number of nitrogens with zero attached hydrogens (tertiary/aromatic N) is 2. The zero-order valence-corrected chi connectivity index (χ0v) is 25.8. The summed E-state index contributed by atoms with van der Waals surface area (Å²) in [6.07, 6.45) is 8.76. The van der Waals surface area contributed by atoms with Gasteiger partial charge in [0.2, 0.25) is 5.91 Å². The summed E-state index contributed by atoms with van der Waals surface area (Å²) in [4.78, 5) is 46.0. The smallest absolute Gasteiger partial charge is 0.310 e. The van der Waals surface area contributed by atoms with Gasteiger partial charge in [0, 0.05) is 24.9 Å². The van der Waals surface area contributed by atoms with E-state index in [9.17, 15) is 19.5 Å². The van der Waals surface area contributed by atoms with Crippen LogP contribution in [0.15, 0.2) is 43.5 Å². The van der Waals surface area contributed by atoms with Gasteiger partial charge in [-0.1, -0.05) is 55.7 Å². The van der Waals surface area contributed by atoms with Gasteiger partial charge in [0.05, 0.1) is 33.9 Å². The van der Waals surface area contributed by atoms with Crippen molar-refractivity contribution >= 4 is 46.8 Å². The summed E-state index contributed by atoms with van der Waals surface area (Å²) in [5, 5.41) is 9.59. The lowest BCUT2D eigenvalue weighted by molar-refractivity contribution is -0.154. The summed E-state index contributed by atoms with van der Waals surface area (Å²) < 4.78 is 4.96. The van der Waals surface area contributed by atoms with Crippen LogP contribution < -0.4 is 4.90 Å². The van der Waals surface area contributed by atoms with Crippen molar-refractivity contribution in [1.29, 1.82) is 0 Å². The Morgan fingerprint density at radius 2 is 1.98 bits per heavy atom. The number of hydrogen-bond donors (Lipinski definition) is 1. The second kappa shape index (κ2) is 13.8. The van der Waals surface area contributed by atoms with Crippen LogP contribution in [0.1, 0.15) is 57.4 Å². The highest BCUT2D eigenvalue weighted by molar-refractivity contribution is 8.02. The number of rotatable bonds is 15. The molecule has 3 saturated heterocycles. The summed E-state index contributed by atoms with van der Waals surface area (Å²) in [6.45, 7) is 12.7. The minimum atomic E-state index is -0.739. The molecule has 1 spiro atoms. The van der Waals surface area contributed by atoms with E-state index in [4.69, 9.17) is 16.3 Å². The van der Waals surface area contributed by atoms with Gasteiger partial charge in [-0.05, 0) is 56.6 Å². The molecule has 0 radical (unpaired) electrons. The molecule has 9 heteroatoms. The fourth-order valence-electron chi connectivity index (χ4n) is 7.08. The van der Waals surface area contributed by atoms with Gasteiger partial charge in [-0.3, -0.25) is 14.4 Å². The number of aliphatic hydroxyl groups excluding tert-OH is 1. The van der Waals surface area contributed by atoms with Crippen LogP contribution >= 0.6 is 23.4 Å². The number of amides is 2. The third kappa shape index (κ3) is 5.84. The number of hydrogen-bond acceptors (Lipinski definition) is 6. The Kier molecular flexibility index (Phi) is 10.6. The van der Waals surface area contributed by atoms with Crippen LogP contribution in [0, 0.1) is 24.7 Å². The number of likely N-dealkylation sites (tertiary alicyclic amines) is 1. The molecular weight excluding hydrogens is 560 g/mol. The standard InChI is InChI=1S/C32H43ClN2O5S/c1-5-7-12-19-40-31(39)25-24-20-22(4)32(41-24)26(25)29(37)35(17-10-8-9-11-18-36)28(32)30(38)34(16-6-2)27-21(3)14-13-15-23(27)33/h5-6,13-15,22,24-26,28,36H,1-2,7-12,16-20H2,3-4H3/t22?,24-,25+,26+,28?,32?/m1/s1. The first-order valence-corrected chi connectivity index (χ1v) is 16.0. The maximum Gasteiger partial charge on any atom is 0.310 e. The molecule has 1 aromatic carbocycles. The summed E-state index contributed by atoms with van der Waals surface area (Å²) in [5.74, 6) is -1.78. The van der Waals surface area contributed by atoms with E-state index in [1.54, 1.807) is 39.8 Å². The maximum atomic E-state index is 14.8. The lowest BCUT2D eigenvalue weighted by Gasteiger charge is -2.40. The normalized spacial score (nSPS) is 28.0. The van der Waals surface area contributed by atoms with Crippen LogP contribution in [0.2, 0.25) is 5.02 Å². The molecule has 1 aromatic rings. The van der Waals surface area contributed by atoms with Crippen LogP contribution in [0.25, 0.3) is 0 Å². The van der Waals surface area contributed by atoms with E-state index >= 15 is 0 Å². The zero-order valence-electron chi connectivity index (χ0n) is 24.2. The summed E-state index contributed by atoms with van der Waals surface area (Å²) in [5.41, 5.74) is 1.48. The molecule has 0 saturated carbocycles. The second-order valence-corrected chi connectivity index (χ2v) is 13.4. The molecule has 224 valence electrons. The number of anilines is 1. The number of carbonyl (C=O) groups is 3. The molecule has 0 aliphatic carbocycles. The fraction of sp³-hybridized carbons (Fsp3) is 0.594. The first-order chi connectivity index (χ1) is 19.7. The fourth-order valence-corrected chi connectivity index (χ4v) is 9.81. The molecule has 3 heterocycles. The van der Waals surface area contributed by atoms with Gasteiger partial charge >= 0.3 is 5.97 Å². The predicted octanol–water partition coefficient (Wildman–Crippen LogP) is 5.57. The first-order valence-electron chi connectivity index (χ1n) is 14.8. The van der Waals surface area contributed by atoms with Gasteiger partial charge < -0.3 is 19.6 Å². The van der Waals surface area contributed by atoms with Gasteiger partial charge in [0.25, 0.3) is 5.91 Å². The number of halogens is 1. The Labute approximate surface area is 253 Å². The van der Waals surface area contributed by atoms with Crippen LogP contribution in [0.5, 0.6) is 0 Å². The van der Waals surface area contributed by atoms with Crippen LogP contribution in [0.3, 0.4) is 0 Å². The van der Waals surface area contributed by atoms with Gasteiger partial charge in [0.1, 0.15) is 6.04 Å². The molecule has 7 nitrogen and oxygen atoms in total. The number of aryl methyl sites for hydroxylation is 1. The number of ether oxygens (including phenoxy) is 1. The molecule has 3 unspecified atom stereocenters. The molecule has 3 aliphatic heterocycles. The number of allylic oxidation sites excluding steroid dienone is 1. The Bertz CT molecular complexity index is 1140. The van der Waals surface area contributed by atoms with Crippen molar-refractivity contribution in [1.82, 2.24) is 4.90 Å². The summed E-state index contributed by atoms with van der Waals surface area (Å²) >= 11 is 8.31. The lowest BCUT2D eigenvalue weighted by atomic mass is 9.66. The minimum absolute atomic E-state index is 0.0579. The number of esters is 1. The van der Waals surface area contributed by atoms with Crippen molar-refractivity contribution in [3.63, 3.8) is 0 Å². The Morgan fingerprint density at radius 1 is 1.22 bits per heavy atom. The van der Waals surface area contributed by atoms with E-state index in [2.05, 4.69) is 20.1 Å². The van der Waals surface area contributed by atoms with Crippen LogP contribution in [-0.2, 0) is 19.1 Å². The molecule has 41 heavy (non-hydrogen) atoms. The topological polar surface area (TPSA) is 87.1 Å². The highest BCUT2D eigenvalue weighted by atomic mass is 35.5. The molecule has 6 atom stereocenters. The third-order valence-electron chi connectivity index (χ3n) is 8.89. The Balaban J connectivity index is 1.72. The van der Waals surface area contributed by atoms with Crippen molar-refractivity contribution in [2.75, 3.05) is 31.2 Å². The first kappa shape index (κ1) is 31.6. The van der Waals surface area contributed by atoms with E-state index < -0.39 is 22.6 Å². The minimum Gasteiger partial charge on any atom is -0.465 e.